The molecule has 126 valence electrons. The van der Waals surface area contributed by atoms with Crippen LogP contribution in [0.2, 0.25) is 0 Å². The number of ether oxygens (including phenoxy) is 1. The van der Waals surface area contributed by atoms with E-state index in [4.69, 9.17) is 10.5 Å². The highest BCUT2D eigenvalue weighted by atomic mass is 16.5. The van der Waals surface area contributed by atoms with Crippen LogP contribution in [0.5, 0.6) is 5.75 Å². The van der Waals surface area contributed by atoms with Crippen molar-refractivity contribution in [2.24, 2.45) is 5.73 Å². The minimum absolute atomic E-state index is 0.265. The molecule has 2 rings (SSSR count). The lowest BCUT2D eigenvalue weighted by molar-refractivity contribution is -0.122. The van der Waals surface area contributed by atoms with Crippen molar-refractivity contribution in [1.29, 1.82) is 0 Å². The Morgan fingerprint density at radius 1 is 1.12 bits per heavy atom. The van der Waals surface area contributed by atoms with Gasteiger partial charge in [0, 0.05) is 11.3 Å². The molecule has 0 saturated carbocycles. The fourth-order valence-corrected chi connectivity index (χ4v) is 2.46. The molecule has 0 aliphatic heterocycles. The van der Waals surface area contributed by atoms with Crippen molar-refractivity contribution in [3.8, 4) is 5.75 Å². The largest absolute Gasteiger partial charge is 0.481 e. The van der Waals surface area contributed by atoms with Crippen LogP contribution in [0, 0.1) is 13.8 Å². The summed E-state index contributed by atoms with van der Waals surface area (Å²) in [6, 6.07) is 12.4. The lowest BCUT2D eigenvalue weighted by Gasteiger charge is -2.18. The maximum Gasteiger partial charge on any atom is 0.265 e. The molecule has 0 fully saturated rings. The topological polar surface area (TPSA) is 81.4 Å². The van der Waals surface area contributed by atoms with E-state index in [2.05, 4.69) is 5.32 Å². The van der Waals surface area contributed by atoms with Crippen molar-refractivity contribution in [1.82, 2.24) is 0 Å². The van der Waals surface area contributed by atoms with Crippen LogP contribution in [0.4, 0.5) is 5.69 Å². The molecule has 1 unspecified atom stereocenters. The molecule has 1 atom stereocenters. The van der Waals surface area contributed by atoms with Gasteiger partial charge in [0.05, 0.1) is 0 Å². The molecule has 0 aliphatic carbocycles. The molecule has 0 heterocycles. The van der Waals surface area contributed by atoms with E-state index in [0.29, 0.717) is 23.4 Å². The first-order chi connectivity index (χ1) is 11.4. The van der Waals surface area contributed by atoms with Crippen molar-refractivity contribution >= 4 is 17.5 Å². The second-order valence-corrected chi connectivity index (χ2v) is 5.77. The van der Waals surface area contributed by atoms with Crippen LogP contribution in [-0.2, 0) is 4.79 Å². The first kappa shape index (κ1) is 17.5. The number of carbonyl (C=O) groups excluding carboxylic acids is 2. The number of hydrogen-bond acceptors (Lipinski definition) is 3. The minimum Gasteiger partial charge on any atom is -0.481 e. The molecule has 5 heteroatoms. The zero-order valence-corrected chi connectivity index (χ0v) is 14.1. The Morgan fingerprint density at radius 3 is 2.38 bits per heavy atom. The summed E-state index contributed by atoms with van der Waals surface area (Å²) in [5.41, 5.74) is 8.27. The average Bonchev–Trinajstić information content (AvgIpc) is 2.51. The van der Waals surface area contributed by atoms with E-state index in [-0.39, 0.29) is 5.91 Å². The summed E-state index contributed by atoms with van der Waals surface area (Å²) in [7, 11) is 0. The number of nitrogens with two attached hydrogens (primary N) is 1. The van der Waals surface area contributed by atoms with Gasteiger partial charge in [0.2, 0.25) is 5.91 Å². The molecule has 2 aromatic rings. The van der Waals surface area contributed by atoms with Gasteiger partial charge in [-0.05, 0) is 61.7 Å². The molecule has 0 spiro atoms. The molecule has 0 radical (unpaired) electrons. The van der Waals surface area contributed by atoms with Crippen LogP contribution >= 0.6 is 0 Å². The number of carbonyl (C=O) groups is 2. The van der Waals surface area contributed by atoms with E-state index in [1.165, 1.54) is 0 Å². The predicted molar refractivity (Wildman–Crippen MR) is 94.2 cm³/mol. The monoisotopic (exact) mass is 326 g/mol. The number of benzene rings is 2. The highest BCUT2D eigenvalue weighted by Crippen LogP contribution is 2.19. The molecule has 2 amide bonds. The standard InChI is InChI=1S/C19H22N2O3/c1-4-17(24-16-9-12(2)8-13(3)10-16)19(23)21-15-7-5-6-14(11-15)18(20)22/h5-11,17H,4H2,1-3H3,(H2,20,22)(H,21,23). The molecule has 0 bridgehead atoms. The Morgan fingerprint density at radius 2 is 1.79 bits per heavy atom. The zero-order chi connectivity index (χ0) is 17.7. The van der Waals surface area contributed by atoms with Crippen molar-refractivity contribution in [3.05, 3.63) is 59.2 Å². The van der Waals surface area contributed by atoms with Crippen LogP contribution < -0.4 is 15.8 Å². The molecule has 3 N–H and O–H groups in total. The average molecular weight is 326 g/mol. The Bertz CT molecular complexity index is 736. The Kier molecular flexibility index (Phi) is 5.58. The molecular formula is C19H22N2O3. The van der Waals surface area contributed by atoms with Crippen molar-refractivity contribution < 1.29 is 14.3 Å². The van der Waals surface area contributed by atoms with Crippen LogP contribution in [0.25, 0.3) is 0 Å². The van der Waals surface area contributed by atoms with Gasteiger partial charge in [-0.2, -0.15) is 0 Å². The molecule has 2 aromatic carbocycles. The fraction of sp³-hybridized carbons (Fsp3) is 0.263. The second-order valence-electron chi connectivity index (χ2n) is 5.77. The number of nitrogens with one attached hydrogen (secondary N) is 1. The van der Waals surface area contributed by atoms with E-state index in [9.17, 15) is 9.59 Å². The van der Waals surface area contributed by atoms with E-state index in [1.807, 2.05) is 39.0 Å². The maximum absolute atomic E-state index is 12.4. The van der Waals surface area contributed by atoms with Gasteiger partial charge in [-0.25, -0.2) is 0 Å². The minimum atomic E-state index is -0.622. The smallest absolute Gasteiger partial charge is 0.265 e. The van der Waals surface area contributed by atoms with Gasteiger partial charge in [-0.3, -0.25) is 9.59 Å². The van der Waals surface area contributed by atoms with Gasteiger partial charge in [0.1, 0.15) is 5.75 Å². The highest BCUT2D eigenvalue weighted by molar-refractivity contribution is 5.97. The van der Waals surface area contributed by atoms with Crippen molar-refractivity contribution in [2.75, 3.05) is 5.32 Å². The molecule has 24 heavy (non-hydrogen) atoms. The van der Waals surface area contributed by atoms with Gasteiger partial charge in [-0.1, -0.05) is 19.1 Å². The fourth-order valence-electron chi connectivity index (χ4n) is 2.46. The Labute approximate surface area is 141 Å². The predicted octanol–water partition coefficient (Wildman–Crippen LogP) is 3.20. The summed E-state index contributed by atoms with van der Waals surface area (Å²) >= 11 is 0. The van der Waals surface area contributed by atoms with E-state index < -0.39 is 12.0 Å². The highest BCUT2D eigenvalue weighted by Gasteiger charge is 2.19. The van der Waals surface area contributed by atoms with Gasteiger partial charge >= 0.3 is 0 Å². The van der Waals surface area contributed by atoms with Crippen LogP contribution in [0.3, 0.4) is 0 Å². The summed E-state index contributed by atoms with van der Waals surface area (Å²) in [6.07, 6.45) is -0.0997. The van der Waals surface area contributed by atoms with E-state index in [1.54, 1.807) is 24.3 Å². The lowest BCUT2D eigenvalue weighted by atomic mass is 10.1. The SMILES string of the molecule is CCC(Oc1cc(C)cc(C)c1)C(=O)Nc1cccc(C(N)=O)c1. The van der Waals surface area contributed by atoms with E-state index in [0.717, 1.165) is 11.1 Å². The van der Waals surface area contributed by atoms with Crippen LogP contribution in [0.15, 0.2) is 42.5 Å². The summed E-state index contributed by atoms with van der Waals surface area (Å²) in [6.45, 7) is 5.85. The Balaban J connectivity index is 2.11. The maximum atomic E-state index is 12.4. The molecule has 0 saturated heterocycles. The number of amides is 2. The summed E-state index contributed by atoms with van der Waals surface area (Å²) in [5, 5.41) is 2.77. The van der Waals surface area contributed by atoms with Gasteiger partial charge in [-0.15, -0.1) is 0 Å². The summed E-state index contributed by atoms with van der Waals surface area (Å²) in [4.78, 5) is 23.7. The van der Waals surface area contributed by atoms with Gasteiger partial charge in [0.15, 0.2) is 6.10 Å². The molecule has 0 aromatic heterocycles. The van der Waals surface area contributed by atoms with Gasteiger partial charge in [0.25, 0.3) is 5.91 Å². The molecular weight excluding hydrogens is 304 g/mol. The number of primary amides is 1. The third kappa shape index (κ3) is 4.59. The molecule has 0 aliphatic rings. The second kappa shape index (κ2) is 7.64. The first-order valence-electron chi connectivity index (χ1n) is 7.84. The quantitative estimate of drug-likeness (QED) is 0.855. The number of rotatable bonds is 6. The van der Waals surface area contributed by atoms with Crippen LogP contribution in [-0.4, -0.2) is 17.9 Å². The molecule has 5 nitrogen and oxygen atoms in total. The lowest BCUT2D eigenvalue weighted by Crippen LogP contribution is -2.32. The van der Waals surface area contributed by atoms with Crippen molar-refractivity contribution in [2.45, 2.75) is 33.3 Å². The zero-order valence-electron chi connectivity index (χ0n) is 14.1. The van der Waals surface area contributed by atoms with E-state index >= 15 is 0 Å². The van der Waals surface area contributed by atoms with Crippen molar-refractivity contribution in [3.63, 3.8) is 0 Å². The normalized spacial score (nSPS) is 11.6. The summed E-state index contributed by atoms with van der Waals surface area (Å²) < 4.78 is 5.83. The van der Waals surface area contributed by atoms with Gasteiger partial charge < -0.3 is 15.8 Å². The third-order valence-corrected chi connectivity index (χ3v) is 3.55. The summed E-state index contributed by atoms with van der Waals surface area (Å²) in [5.74, 6) is -0.136. The first-order valence-corrected chi connectivity index (χ1v) is 7.84. The third-order valence-electron chi connectivity index (χ3n) is 3.55. The Hall–Kier alpha value is -2.82. The van der Waals surface area contributed by atoms with Crippen LogP contribution in [0.1, 0.15) is 34.8 Å². The number of anilines is 1. The number of hydrogen-bond donors (Lipinski definition) is 2. The number of aryl methyl sites for hydroxylation is 2.